The lowest BCUT2D eigenvalue weighted by molar-refractivity contribution is -0.115. The van der Waals surface area contributed by atoms with Crippen LogP contribution in [0.5, 0.6) is 0 Å². The van der Waals surface area contributed by atoms with Crippen molar-refractivity contribution in [2.45, 2.75) is 15.8 Å². The van der Waals surface area contributed by atoms with Gasteiger partial charge in [-0.25, -0.2) is 4.98 Å². The van der Waals surface area contributed by atoms with Gasteiger partial charge in [-0.2, -0.15) is 8.78 Å². The van der Waals surface area contributed by atoms with E-state index < -0.39 is 5.76 Å². The zero-order valence-corrected chi connectivity index (χ0v) is 19.2. The molecule has 5 nitrogen and oxygen atoms in total. The van der Waals surface area contributed by atoms with Gasteiger partial charge in [-0.05, 0) is 48.5 Å². The van der Waals surface area contributed by atoms with Crippen LogP contribution in [-0.4, -0.2) is 34.0 Å². The van der Waals surface area contributed by atoms with Crippen LogP contribution in [0.3, 0.4) is 0 Å². The monoisotopic (exact) mass is 483 g/mol. The van der Waals surface area contributed by atoms with Crippen molar-refractivity contribution in [1.29, 1.82) is 0 Å². The van der Waals surface area contributed by atoms with E-state index in [4.69, 9.17) is 0 Å². The lowest BCUT2D eigenvalue weighted by Gasteiger charge is -2.18. The number of aromatic nitrogens is 2. The fourth-order valence-corrected chi connectivity index (χ4v) is 4.66. The highest BCUT2D eigenvalue weighted by molar-refractivity contribution is 8.00. The van der Waals surface area contributed by atoms with Crippen LogP contribution < -0.4 is 10.5 Å². The summed E-state index contributed by atoms with van der Waals surface area (Å²) >= 11 is 1.59. The van der Waals surface area contributed by atoms with Crippen LogP contribution in [0.4, 0.5) is 14.5 Å². The Balaban J connectivity index is 1.68. The van der Waals surface area contributed by atoms with Crippen molar-refractivity contribution in [2.24, 2.45) is 0 Å². The second-order valence-corrected chi connectivity index (χ2v) is 9.01. The Labute approximate surface area is 197 Å². The molecule has 0 unspecified atom stereocenters. The maximum Gasteiger partial charge on any atom is 0.288 e. The van der Waals surface area contributed by atoms with Gasteiger partial charge in [-0.15, -0.1) is 0 Å². The van der Waals surface area contributed by atoms with Crippen molar-refractivity contribution in [2.75, 3.05) is 17.7 Å². The lowest BCUT2D eigenvalue weighted by atomic mass is 10.2. The van der Waals surface area contributed by atoms with Crippen molar-refractivity contribution in [1.82, 2.24) is 9.55 Å². The van der Waals surface area contributed by atoms with Crippen LogP contribution in [0.15, 0.2) is 93.7 Å². The number of para-hydroxylation sites is 2. The summed E-state index contributed by atoms with van der Waals surface area (Å²) in [5.74, 6) is -2.61. The zero-order valence-electron chi connectivity index (χ0n) is 17.5. The van der Waals surface area contributed by atoms with E-state index in [9.17, 15) is 18.4 Å². The van der Waals surface area contributed by atoms with Gasteiger partial charge in [-0.3, -0.25) is 14.2 Å². The number of hydrogen-bond acceptors (Lipinski definition) is 5. The molecule has 0 saturated carbocycles. The molecule has 3 aromatic carbocycles. The van der Waals surface area contributed by atoms with E-state index in [2.05, 4.69) is 4.98 Å². The van der Waals surface area contributed by atoms with Crippen LogP contribution >= 0.6 is 23.5 Å². The summed E-state index contributed by atoms with van der Waals surface area (Å²) in [7, 11) is 1.69. The molecule has 0 bridgehead atoms. The highest BCUT2D eigenvalue weighted by Gasteiger charge is 2.17. The Kier molecular flexibility index (Phi) is 7.10. The summed E-state index contributed by atoms with van der Waals surface area (Å²) in [6.45, 7) is 0. The van der Waals surface area contributed by atoms with Crippen LogP contribution in [0.25, 0.3) is 16.6 Å². The van der Waals surface area contributed by atoms with Gasteiger partial charge in [0, 0.05) is 17.6 Å². The molecule has 1 amide bonds. The van der Waals surface area contributed by atoms with E-state index in [1.54, 1.807) is 48.3 Å². The van der Waals surface area contributed by atoms with E-state index in [1.807, 2.05) is 30.3 Å². The van der Waals surface area contributed by atoms with Gasteiger partial charge in [0.2, 0.25) is 5.91 Å². The molecule has 0 aliphatic heterocycles. The van der Waals surface area contributed by atoms with E-state index in [0.717, 1.165) is 17.4 Å². The number of carbonyl (C=O) groups excluding carboxylic acids is 1. The first kappa shape index (κ1) is 23.0. The van der Waals surface area contributed by atoms with Crippen molar-refractivity contribution in [3.63, 3.8) is 0 Å². The van der Waals surface area contributed by atoms with E-state index in [0.29, 0.717) is 38.4 Å². The standard InChI is InChI=1S/C24H19F2N3O2S2/c1-28(16-7-3-2-4-8-16)21(30)15-32-24-27-20-10-6-5-9-19(20)22(31)29(24)17-11-13-18(14-12-17)33-23(25)26/h2-14,23H,15H2,1H3. The highest BCUT2D eigenvalue weighted by Crippen LogP contribution is 2.27. The summed E-state index contributed by atoms with van der Waals surface area (Å²) in [6.07, 6.45) is 0. The number of fused-ring (bicyclic) bond motifs is 1. The molecule has 168 valence electrons. The second kappa shape index (κ2) is 10.2. The smallest absolute Gasteiger partial charge is 0.288 e. The Morgan fingerprint density at radius 3 is 2.36 bits per heavy atom. The Bertz CT molecular complexity index is 1330. The molecule has 0 atom stereocenters. The molecule has 9 heteroatoms. The number of amides is 1. The Morgan fingerprint density at radius 2 is 1.67 bits per heavy atom. The largest absolute Gasteiger partial charge is 0.315 e. The average Bonchev–Trinajstić information content (AvgIpc) is 2.83. The molecule has 0 aliphatic carbocycles. The van der Waals surface area contributed by atoms with Crippen LogP contribution in [0.1, 0.15) is 0 Å². The number of anilines is 1. The first-order chi connectivity index (χ1) is 15.9. The third-order valence-electron chi connectivity index (χ3n) is 4.91. The van der Waals surface area contributed by atoms with Gasteiger partial charge in [0.15, 0.2) is 5.16 Å². The van der Waals surface area contributed by atoms with Gasteiger partial charge in [-0.1, -0.05) is 53.9 Å². The van der Waals surface area contributed by atoms with E-state index >= 15 is 0 Å². The number of halogens is 2. The van der Waals surface area contributed by atoms with Crippen molar-refractivity contribution < 1.29 is 13.6 Å². The first-order valence-electron chi connectivity index (χ1n) is 9.95. The number of alkyl halides is 2. The number of thioether (sulfide) groups is 2. The quantitative estimate of drug-likeness (QED) is 0.258. The second-order valence-electron chi connectivity index (χ2n) is 7.00. The normalized spacial score (nSPS) is 11.2. The zero-order chi connectivity index (χ0) is 23.4. The molecular weight excluding hydrogens is 464 g/mol. The number of hydrogen-bond donors (Lipinski definition) is 0. The van der Waals surface area contributed by atoms with E-state index in [-0.39, 0.29) is 17.2 Å². The highest BCUT2D eigenvalue weighted by atomic mass is 32.2. The minimum Gasteiger partial charge on any atom is -0.315 e. The van der Waals surface area contributed by atoms with Gasteiger partial charge in [0.1, 0.15) is 0 Å². The molecule has 33 heavy (non-hydrogen) atoms. The fraction of sp³-hybridized carbons (Fsp3) is 0.125. The SMILES string of the molecule is CN(C(=O)CSc1nc2ccccc2c(=O)n1-c1ccc(SC(F)F)cc1)c1ccccc1. The average molecular weight is 484 g/mol. The molecule has 0 spiro atoms. The summed E-state index contributed by atoms with van der Waals surface area (Å²) in [5.41, 5.74) is 1.48. The Hall–Kier alpha value is -3.17. The maximum absolute atomic E-state index is 13.3. The summed E-state index contributed by atoms with van der Waals surface area (Å²) in [4.78, 5) is 32.6. The first-order valence-corrected chi connectivity index (χ1v) is 11.8. The van der Waals surface area contributed by atoms with Crippen LogP contribution in [0, 0.1) is 0 Å². The molecule has 0 N–H and O–H groups in total. The predicted octanol–water partition coefficient (Wildman–Crippen LogP) is 5.46. The van der Waals surface area contributed by atoms with Crippen LogP contribution in [0.2, 0.25) is 0 Å². The maximum atomic E-state index is 13.3. The van der Waals surface area contributed by atoms with Gasteiger partial charge in [0.05, 0.1) is 22.3 Å². The summed E-state index contributed by atoms with van der Waals surface area (Å²) < 4.78 is 26.8. The van der Waals surface area contributed by atoms with Gasteiger partial charge >= 0.3 is 0 Å². The predicted molar refractivity (Wildman–Crippen MR) is 130 cm³/mol. The molecule has 4 rings (SSSR count). The van der Waals surface area contributed by atoms with Crippen molar-refractivity contribution in [3.05, 3.63) is 89.2 Å². The van der Waals surface area contributed by atoms with Crippen molar-refractivity contribution >= 4 is 46.0 Å². The minimum atomic E-state index is -2.53. The number of carbonyl (C=O) groups is 1. The summed E-state index contributed by atoms with van der Waals surface area (Å²) in [6, 6.07) is 22.5. The number of benzene rings is 3. The third-order valence-corrected chi connectivity index (χ3v) is 6.55. The summed E-state index contributed by atoms with van der Waals surface area (Å²) in [5, 5.41) is 0.781. The van der Waals surface area contributed by atoms with Gasteiger partial charge in [0.25, 0.3) is 11.3 Å². The molecule has 1 aromatic heterocycles. The fourth-order valence-electron chi connectivity index (χ4n) is 3.23. The minimum absolute atomic E-state index is 0.0650. The molecule has 4 aromatic rings. The molecule has 0 aliphatic rings. The number of rotatable bonds is 7. The molecule has 0 fully saturated rings. The van der Waals surface area contributed by atoms with E-state index in [1.165, 1.54) is 16.7 Å². The Morgan fingerprint density at radius 1 is 1.00 bits per heavy atom. The molecule has 0 radical (unpaired) electrons. The van der Waals surface area contributed by atoms with Crippen LogP contribution in [-0.2, 0) is 4.79 Å². The van der Waals surface area contributed by atoms with Crippen molar-refractivity contribution in [3.8, 4) is 5.69 Å². The lowest BCUT2D eigenvalue weighted by Crippen LogP contribution is -2.28. The number of nitrogens with zero attached hydrogens (tertiary/aromatic N) is 3. The molecular formula is C24H19F2N3O2S2. The molecule has 1 heterocycles. The third kappa shape index (κ3) is 5.26. The van der Waals surface area contributed by atoms with Gasteiger partial charge < -0.3 is 4.90 Å². The topological polar surface area (TPSA) is 55.2 Å². The molecule has 0 saturated heterocycles.